The molecule has 0 atom stereocenters. The molecule has 0 fully saturated rings. The number of nitrogens with one attached hydrogen (secondary N) is 1. The summed E-state index contributed by atoms with van der Waals surface area (Å²) in [6.07, 6.45) is 3.79. The lowest BCUT2D eigenvalue weighted by Gasteiger charge is -2.12. The quantitative estimate of drug-likeness (QED) is 0.808. The van der Waals surface area contributed by atoms with E-state index in [0.29, 0.717) is 30.9 Å². The molecular weight excluding hydrogens is 286 g/mol. The molecule has 8 nitrogen and oxygen atoms in total. The number of aryl methyl sites for hydroxylation is 3. The summed E-state index contributed by atoms with van der Waals surface area (Å²) in [5, 5.41) is 0. The Labute approximate surface area is 126 Å². The van der Waals surface area contributed by atoms with Crippen LogP contribution < -0.4 is 21.8 Å². The van der Waals surface area contributed by atoms with Gasteiger partial charge in [0.05, 0.1) is 0 Å². The van der Waals surface area contributed by atoms with E-state index in [1.807, 2.05) is 14.1 Å². The number of hydrogen-bond donors (Lipinski definition) is 1. The molecule has 22 heavy (non-hydrogen) atoms. The van der Waals surface area contributed by atoms with E-state index in [4.69, 9.17) is 0 Å². The molecule has 1 N–H and O–H groups in total. The normalized spacial score (nSPS) is 10.7. The molecule has 2 aromatic rings. The van der Waals surface area contributed by atoms with Crippen LogP contribution in [-0.2, 0) is 13.1 Å². The molecule has 2 heterocycles. The zero-order valence-corrected chi connectivity index (χ0v) is 12.9. The maximum Gasteiger partial charge on any atom is 0.349 e. The largest absolute Gasteiger partial charge is 0.363 e. The van der Waals surface area contributed by atoms with Gasteiger partial charge in [-0.05, 0) is 19.4 Å². The molecule has 0 spiro atoms. The van der Waals surface area contributed by atoms with E-state index in [2.05, 4.69) is 9.97 Å². The van der Waals surface area contributed by atoms with Gasteiger partial charge in [0, 0.05) is 45.1 Å². The highest BCUT2D eigenvalue weighted by molar-refractivity contribution is 5.33. The smallest absolute Gasteiger partial charge is 0.349 e. The second-order valence-electron chi connectivity index (χ2n) is 5.27. The van der Waals surface area contributed by atoms with Gasteiger partial charge in [-0.3, -0.25) is 14.3 Å². The Kier molecular flexibility index (Phi) is 4.59. The summed E-state index contributed by atoms with van der Waals surface area (Å²) in [6.45, 7) is 2.51. The van der Waals surface area contributed by atoms with Crippen molar-refractivity contribution in [1.82, 2.24) is 19.1 Å². The maximum absolute atomic E-state index is 11.9. The van der Waals surface area contributed by atoms with Crippen molar-refractivity contribution in [3.8, 4) is 0 Å². The summed E-state index contributed by atoms with van der Waals surface area (Å²) >= 11 is 0. The Morgan fingerprint density at radius 1 is 1.18 bits per heavy atom. The number of aromatic amines is 1. The van der Waals surface area contributed by atoms with Gasteiger partial charge in [0.25, 0.3) is 5.56 Å². The summed E-state index contributed by atoms with van der Waals surface area (Å²) in [5.74, 6) is 0.605. The van der Waals surface area contributed by atoms with Crippen molar-refractivity contribution in [3.05, 3.63) is 55.3 Å². The van der Waals surface area contributed by atoms with Crippen molar-refractivity contribution in [2.75, 3.05) is 19.0 Å². The van der Waals surface area contributed by atoms with E-state index < -0.39 is 5.69 Å². The van der Waals surface area contributed by atoms with Gasteiger partial charge in [0.1, 0.15) is 5.82 Å². The molecule has 0 unspecified atom stereocenters. The van der Waals surface area contributed by atoms with Gasteiger partial charge in [-0.2, -0.15) is 4.98 Å². The van der Waals surface area contributed by atoms with Crippen molar-refractivity contribution in [3.63, 3.8) is 0 Å². The van der Waals surface area contributed by atoms with Crippen LogP contribution in [0.5, 0.6) is 0 Å². The van der Waals surface area contributed by atoms with Gasteiger partial charge in [0.2, 0.25) is 0 Å². The zero-order valence-electron chi connectivity index (χ0n) is 12.9. The molecule has 2 aromatic heterocycles. The molecule has 0 bridgehead atoms. The number of rotatable bonds is 5. The fraction of sp³-hybridized carbons (Fsp3) is 0.429. The number of anilines is 1. The van der Waals surface area contributed by atoms with Crippen LogP contribution in [-0.4, -0.2) is 33.2 Å². The second-order valence-corrected chi connectivity index (χ2v) is 5.27. The Bertz CT molecular complexity index is 831. The number of aromatic nitrogens is 4. The van der Waals surface area contributed by atoms with Crippen molar-refractivity contribution < 1.29 is 0 Å². The first-order valence-electron chi connectivity index (χ1n) is 6.93. The maximum atomic E-state index is 11.9. The highest BCUT2D eigenvalue weighted by Crippen LogP contribution is 2.01. The Morgan fingerprint density at radius 3 is 2.50 bits per heavy atom. The number of nitrogens with zero attached hydrogens (tertiary/aromatic N) is 4. The lowest BCUT2D eigenvalue weighted by atomic mass is 10.3. The van der Waals surface area contributed by atoms with Gasteiger partial charge >= 0.3 is 11.4 Å². The third kappa shape index (κ3) is 3.51. The van der Waals surface area contributed by atoms with Crippen LogP contribution >= 0.6 is 0 Å². The van der Waals surface area contributed by atoms with Crippen LogP contribution in [0.2, 0.25) is 0 Å². The van der Waals surface area contributed by atoms with E-state index in [9.17, 15) is 14.4 Å². The Balaban J connectivity index is 2.06. The first kappa shape index (κ1) is 15.7. The summed E-state index contributed by atoms with van der Waals surface area (Å²) in [6, 6.07) is 1.76. The standard InChI is InChI=1S/C14H19N5O3/c1-10-9-19(14(22)16-12(10)20)7-4-6-18-8-5-11(17(2)3)15-13(18)21/h5,8-9H,4,6-7H2,1-3H3,(H,16,20,22). The van der Waals surface area contributed by atoms with Gasteiger partial charge < -0.3 is 9.47 Å². The fourth-order valence-corrected chi connectivity index (χ4v) is 2.04. The van der Waals surface area contributed by atoms with E-state index in [1.165, 1.54) is 15.3 Å². The number of hydrogen-bond acceptors (Lipinski definition) is 5. The second kappa shape index (κ2) is 6.42. The van der Waals surface area contributed by atoms with Gasteiger partial charge in [-0.1, -0.05) is 0 Å². The monoisotopic (exact) mass is 305 g/mol. The fourth-order valence-electron chi connectivity index (χ4n) is 2.04. The van der Waals surface area contributed by atoms with E-state index in [-0.39, 0.29) is 11.2 Å². The van der Waals surface area contributed by atoms with E-state index in [0.717, 1.165) is 0 Å². The lowest BCUT2D eigenvalue weighted by Crippen LogP contribution is -2.31. The van der Waals surface area contributed by atoms with Crippen molar-refractivity contribution in [2.24, 2.45) is 0 Å². The van der Waals surface area contributed by atoms with E-state index >= 15 is 0 Å². The van der Waals surface area contributed by atoms with Crippen molar-refractivity contribution >= 4 is 5.82 Å². The Morgan fingerprint density at radius 2 is 1.86 bits per heavy atom. The molecule has 0 radical (unpaired) electrons. The molecule has 2 rings (SSSR count). The summed E-state index contributed by atoms with van der Waals surface area (Å²) in [4.78, 5) is 42.8. The molecule has 0 aliphatic heterocycles. The predicted octanol–water partition coefficient (Wildman–Crippen LogP) is -0.442. The van der Waals surface area contributed by atoms with Crippen LogP contribution in [0.3, 0.4) is 0 Å². The van der Waals surface area contributed by atoms with Crippen LogP contribution in [0.1, 0.15) is 12.0 Å². The molecular formula is C14H19N5O3. The van der Waals surface area contributed by atoms with Crippen molar-refractivity contribution in [2.45, 2.75) is 26.4 Å². The molecule has 0 amide bonds. The van der Waals surface area contributed by atoms with Crippen LogP contribution in [0.15, 0.2) is 32.8 Å². The summed E-state index contributed by atoms with van der Waals surface area (Å²) in [7, 11) is 3.63. The van der Waals surface area contributed by atoms with Gasteiger partial charge in [-0.25, -0.2) is 9.59 Å². The van der Waals surface area contributed by atoms with Crippen LogP contribution in [0.4, 0.5) is 5.82 Å². The highest BCUT2D eigenvalue weighted by Gasteiger charge is 2.03. The summed E-state index contributed by atoms with van der Waals surface area (Å²) in [5.41, 5.74) is -0.657. The molecule has 0 saturated carbocycles. The third-order valence-corrected chi connectivity index (χ3v) is 3.30. The molecule has 0 aromatic carbocycles. The molecule has 0 saturated heterocycles. The average Bonchev–Trinajstić information content (AvgIpc) is 2.45. The van der Waals surface area contributed by atoms with Gasteiger partial charge in [-0.15, -0.1) is 0 Å². The highest BCUT2D eigenvalue weighted by atomic mass is 16.2. The van der Waals surface area contributed by atoms with Crippen LogP contribution in [0.25, 0.3) is 0 Å². The molecule has 8 heteroatoms. The first-order valence-corrected chi connectivity index (χ1v) is 6.93. The molecule has 118 valence electrons. The lowest BCUT2D eigenvalue weighted by molar-refractivity contribution is 0.528. The Hall–Kier alpha value is -2.64. The number of H-pyrrole nitrogens is 1. The zero-order chi connectivity index (χ0) is 16.3. The minimum atomic E-state index is -0.441. The van der Waals surface area contributed by atoms with E-state index in [1.54, 1.807) is 24.1 Å². The first-order chi connectivity index (χ1) is 10.4. The summed E-state index contributed by atoms with van der Waals surface area (Å²) < 4.78 is 2.93. The SMILES string of the molecule is Cc1cn(CCCn2ccc(N(C)C)nc2=O)c(=O)[nH]c1=O. The van der Waals surface area contributed by atoms with Gasteiger partial charge in [0.15, 0.2) is 0 Å². The molecule has 0 aliphatic rings. The predicted molar refractivity (Wildman–Crippen MR) is 83.5 cm³/mol. The topological polar surface area (TPSA) is 93.0 Å². The van der Waals surface area contributed by atoms with Crippen LogP contribution in [0, 0.1) is 6.92 Å². The van der Waals surface area contributed by atoms with Crippen molar-refractivity contribution in [1.29, 1.82) is 0 Å². The minimum Gasteiger partial charge on any atom is -0.363 e. The molecule has 0 aliphatic carbocycles. The minimum absolute atomic E-state index is 0.323. The average molecular weight is 305 g/mol. The third-order valence-electron chi connectivity index (χ3n) is 3.30.